The molecule has 1 aromatic heterocycles. The molecule has 152 valence electrons. The molecule has 8 heteroatoms. The van der Waals surface area contributed by atoms with Crippen molar-refractivity contribution in [3.05, 3.63) is 66.7 Å². The topological polar surface area (TPSA) is 78.4 Å². The van der Waals surface area contributed by atoms with E-state index in [-0.39, 0.29) is 4.90 Å². The molecule has 0 saturated heterocycles. The van der Waals surface area contributed by atoms with Crippen LogP contribution in [0.4, 0.5) is 0 Å². The lowest BCUT2D eigenvalue weighted by Crippen LogP contribution is -1.98. The second-order valence-electron chi connectivity index (χ2n) is 6.47. The lowest BCUT2D eigenvalue weighted by molar-refractivity contribution is 0.414. The van der Waals surface area contributed by atoms with E-state index in [4.69, 9.17) is 30.1 Å². The van der Waals surface area contributed by atoms with Crippen molar-refractivity contribution < 1.29 is 17.9 Å². The fourth-order valence-corrected chi connectivity index (χ4v) is 3.86. The minimum absolute atomic E-state index is 0.0242. The molecule has 0 amide bonds. The van der Waals surface area contributed by atoms with Gasteiger partial charge >= 0.3 is 0 Å². The number of hydrogen-bond donors (Lipinski definition) is 0. The molecule has 0 saturated carbocycles. The van der Waals surface area contributed by atoms with E-state index in [9.17, 15) is 8.42 Å². The molecule has 0 N–H and O–H groups in total. The van der Waals surface area contributed by atoms with Crippen molar-refractivity contribution in [2.45, 2.75) is 4.90 Å². The smallest absolute Gasteiger partial charge is 0.261 e. The summed E-state index contributed by atoms with van der Waals surface area (Å²) < 4.78 is 34.0. The van der Waals surface area contributed by atoms with E-state index in [0.717, 1.165) is 16.9 Å². The Labute approximate surface area is 178 Å². The zero-order valence-electron chi connectivity index (χ0n) is 16.2. The van der Waals surface area contributed by atoms with Crippen LogP contribution in [0.3, 0.4) is 0 Å². The Kier molecular flexibility index (Phi) is 5.32. The molecule has 30 heavy (non-hydrogen) atoms. The highest BCUT2D eigenvalue weighted by Crippen LogP contribution is 2.33. The average Bonchev–Trinajstić information content (AvgIpc) is 2.77. The van der Waals surface area contributed by atoms with Crippen molar-refractivity contribution in [2.24, 2.45) is 0 Å². The number of hydrogen-bond acceptors (Lipinski definition) is 6. The maximum Gasteiger partial charge on any atom is 0.261 e. The fourth-order valence-electron chi connectivity index (χ4n) is 3.09. The summed E-state index contributed by atoms with van der Waals surface area (Å²) in [6.45, 7) is 0. The third-order valence-corrected chi connectivity index (χ3v) is 6.00. The van der Waals surface area contributed by atoms with Crippen LogP contribution < -0.4 is 9.47 Å². The Balaban J connectivity index is 1.96. The second-order valence-corrected chi connectivity index (χ2v) is 9.03. The molecule has 0 atom stereocenters. The first kappa shape index (κ1) is 20.1. The summed E-state index contributed by atoms with van der Waals surface area (Å²) in [4.78, 5) is 9.48. The monoisotopic (exact) mass is 440 g/mol. The van der Waals surface area contributed by atoms with Crippen LogP contribution in [0, 0.1) is 0 Å². The number of benzene rings is 3. The van der Waals surface area contributed by atoms with E-state index in [1.165, 1.54) is 12.1 Å². The molecule has 4 aromatic rings. The van der Waals surface area contributed by atoms with Crippen LogP contribution in [0.2, 0.25) is 0 Å². The summed E-state index contributed by atoms with van der Waals surface area (Å²) >= 11 is 0. The molecule has 0 aliphatic heterocycles. The summed E-state index contributed by atoms with van der Waals surface area (Å²) in [6.07, 6.45) is 0. The van der Waals surface area contributed by atoms with Crippen LogP contribution >= 0.6 is 10.7 Å². The molecule has 0 radical (unpaired) electrons. The van der Waals surface area contributed by atoms with Gasteiger partial charge < -0.3 is 9.47 Å². The molecule has 3 aromatic carbocycles. The molecule has 0 bridgehead atoms. The Morgan fingerprint density at radius 3 is 1.60 bits per heavy atom. The van der Waals surface area contributed by atoms with E-state index in [2.05, 4.69) is 0 Å². The molecular weight excluding hydrogens is 424 g/mol. The Bertz CT molecular complexity index is 1320. The summed E-state index contributed by atoms with van der Waals surface area (Å²) in [7, 11) is 4.83. The van der Waals surface area contributed by atoms with Crippen LogP contribution in [0.15, 0.2) is 71.6 Å². The quantitative estimate of drug-likeness (QED) is 0.410. The minimum Gasteiger partial charge on any atom is -0.497 e. The zero-order chi connectivity index (χ0) is 21.3. The van der Waals surface area contributed by atoms with Crippen molar-refractivity contribution >= 4 is 30.8 Å². The predicted molar refractivity (Wildman–Crippen MR) is 117 cm³/mol. The first-order valence-electron chi connectivity index (χ1n) is 8.94. The second kappa shape index (κ2) is 7.93. The van der Waals surface area contributed by atoms with Crippen molar-refractivity contribution in [1.29, 1.82) is 0 Å². The van der Waals surface area contributed by atoms with Gasteiger partial charge in [0.1, 0.15) is 11.5 Å². The Morgan fingerprint density at radius 1 is 0.700 bits per heavy atom. The normalized spacial score (nSPS) is 11.4. The van der Waals surface area contributed by atoms with Gasteiger partial charge in [-0.05, 0) is 66.7 Å². The average molecular weight is 441 g/mol. The van der Waals surface area contributed by atoms with Crippen LogP contribution in [0.1, 0.15) is 0 Å². The van der Waals surface area contributed by atoms with Gasteiger partial charge in [0, 0.05) is 21.8 Å². The molecular formula is C22H17ClN2O4S. The van der Waals surface area contributed by atoms with Crippen molar-refractivity contribution in [3.63, 3.8) is 0 Å². The number of nitrogens with zero attached hydrogens (tertiary/aromatic N) is 2. The van der Waals surface area contributed by atoms with Gasteiger partial charge in [-0.25, -0.2) is 18.4 Å². The number of rotatable bonds is 5. The van der Waals surface area contributed by atoms with E-state index >= 15 is 0 Å². The highest BCUT2D eigenvalue weighted by molar-refractivity contribution is 8.13. The number of ether oxygens (including phenoxy) is 2. The maximum atomic E-state index is 11.7. The number of methoxy groups -OCH3 is 2. The lowest BCUT2D eigenvalue weighted by Gasteiger charge is -2.12. The van der Waals surface area contributed by atoms with Crippen LogP contribution in [0.25, 0.3) is 33.5 Å². The van der Waals surface area contributed by atoms with E-state index in [0.29, 0.717) is 28.2 Å². The maximum absolute atomic E-state index is 11.7. The molecule has 4 rings (SSSR count). The molecule has 0 unspecified atom stereocenters. The predicted octanol–water partition coefficient (Wildman–Crippen LogP) is 4.91. The molecule has 6 nitrogen and oxygen atoms in total. The van der Waals surface area contributed by atoms with Crippen molar-refractivity contribution in [3.8, 4) is 34.0 Å². The summed E-state index contributed by atoms with van der Waals surface area (Å²) in [5.74, 6) is 1.45. The zero-order valence-corrected chi connectivity index (χ0v) is 17.7. The van der Waals surface area contributed by atoms with Gasteiger partial charge in [-0.1, -0.05) is 0 Å². The van der Waals surface area contributed by atoms with Crippen LogP contribution in [-0.4, -0.2) is 32.6 Å². The Hall–Kier alpha value is -3.16. The number of halogens is 1. The van der Waals surface area contributed by atoms with Gasteiger partial charge in [0.15, 0.2) is 0 Å². The molecule has 1 heterocycles. The van der Waals surface area contributed by atoms with Gasteiger partial charge in [0.25, 0.3) is 9.05 Å². The van der Waals surface area contributed by atoms with Crippen LogP contribution in [0.5, 0.6) is 11.5 Å². The van der Waals surface area contributed by atoms with Crippen LogP contribution in [-0.2, 0) is 9.05 Å². The molecule has 0 aliphatic rings. The van der Waals surface area contributed by atoms with Gasteiger partial charge in [-0.3, -0.25) is 0 Å². The van der Waals surface area contributed by atoms with Gasteiger partial charge in [0.2, 0.25) is 0 Å². The first-order chi connectivity index (χ1) is 14.4. The molecule has 0 spiro atoms. The third-order valence-electron chi connectivity index (χ3n) is 4.64. The first-order valence-corrected chi connectivity index (χ1v) is 11.3. The van der Waals surface area contributed by atoms with E-state index < -0.39 is 9.05 Å². The minimum atomic E-state index is -3.88. The van der Waals surface area contributed by atoms with E-state index in [1.54, 1.807) is 20.3 Å². The number of fused-ring (bicyclic) bond motifs is 1. The lowest BCUT2D eigenvalue weighted by atomic mass is 10.0. The van der Waals surface area contributed by atoms with E-state index in [1.807, 2.05) is 48.5 Å². The molecule has 0 fully saturated rings. The largest absolute Gasteiger partial charge is 0.497 e. The van der Waals surface area contributed by atoms with Gasteiger partial charge in [0.05, 0.1) is 41.5 Å². The fraction of sp³-hybridized carbons (Fsp3) is 0.0909. The summed E-state index contributed by atoms with van der Waals surface area (Å²) in [6, 6.07) is 19.4. The van der Waals surface area contributed by atoms with Gasteiger partial charge in [-0.2, -0.15) is 0 Å². The Morgan fingerprint density at radius 2 is 1.17 bits per heavy atom. The summed E-state index contributed by atoms with van der Waals surface area (Å²) in [5, 5.41) is 0. The van der Waals surface area contributed by atoms with Gasteiger partial charge in [-0.15, -0.1) is 0 Å². The highest BCUT2D eigenvalue weighted by Gasteiger charge is 2.16. The summed E-state index contributed by atoms with van der Waals surface area (Å²) in [5.41, 5.74) is 3.93. The highest BCUT2D eigenvalue weighted by atomic mass is 35.7. The SMILES string of the molecule is COc1ccc(-c2nc3ccc(S(=O)(=O)Cl)cc3nc2-c2ccc(OC)cc2)cc1. The molecule has 0 aliphatic carbocycles. The third kappa shape index (κ3) is 3.94. The van der Waals surface area contributed by atoms with Crippen molar-refractivity contribution in [2.75, 3.05) is 14.2 Å². The number of aromatic nitrogens is 2. The standard InChI is InChI=1S/C22H17ClN2O4S/c1-28-16-7-3-14(4-8-16)21-22(15-5-9-17(29-2)10-6-15)25-20-13-18(30(23,26)27)11-12-19(20)24-21/h3-13H,1-2H3. The van der Waals surface area contributed by atoms with Crippen molar-refractivity contribution in [1.82, 2.24) is 9.97 Å².